The lowest BCUT2D eigenvalue weighted by molar-refractivity contribution is -0.131. The number of ether oxygens (including phenoxy) is 1. The van der Waals surface area contributed by atoms with E-state index in [2.05, 4.69) is 14.9 Å². The van der Waals surface area contributed by atoms with Crippen LogP contribution in [0.4, 0.5) is 0 Å². The number of hydrogen-bond donors (Lipinski definition) is 1. The third kappa shape index (κ3) is 5.59. The van der Waals surface area contributed by atoms with Crippen LogP contribution in [0.15, 0.2) is 6.20 Å². The van der Waals surface area contributed by atoms with Crippen LogP contribution in [-0.4, -0.2) is 22.8 Å². The Kier molecular flexibility index (Phi) is 6.84. The van der Waals surface area contributed by atoms with Gasteiger partial charge in [0.15, 0.2) is 0 Å². The lowest BCUT2D eigenvalue weighted by Crippen LogP contribution is -1.98. The zero-order valence-corrected chi connectivity index (χ0v) is 9.34. The van der Waals surface area contributed by atoms with Gasteiger partial charge in [-0.3, -0.25) is 9.89 Å². The largest absolute Gasteiger partial charge is 0.465 e. The van der Waals surface area contributed by atoms with Gasteiger partial charge in [-0.05, 0) is 20.3 Å². The summed E-state index contributed by atoms with van der Waals surface area (Å²) in [6.07, 6.45) is 2.56. The van der Waals surface area contributed by atoms with E-state index in [4.69, 9.17) is 11.6 Å². The molecular formula is C9H15ClN2O2. The first kappa shape index (κ1) is 13.0. The van der Waals surface area contributed by atoms with Crippen molar-refractivity contribution in [2.45, 2.75) is 33.3 Å². The number of nitrogens with zero attached hydrogens (tertiary/aromatic N) is 1. The van der Waals surface area contributed by atoms with Crippen molar-refractivity contribution in [3.05, 3.63) is 16.9 Å². The van der Waals surface area contributed by atoms with Crippen molar-refractivity contribution in [1.29, 1.82) is 0 Å². The summed E-state index contributed by atoms with van der Waals surface area (Å²) >= 11 is 5.65. The van der Waals surface area contributed by atoms with Crippen molar-refractivity contribution < 1.29 is 9.53 Å². The van der Waals surface area contributed by atoms with Crippen molar-refractivity contribution in [2.24, 2.45) is 0 Å². The Morgan fingerprint density at radius 1 is 1.71 bits per heavy atom. The Labute approximate surface area is 88.6 Å². The minimum atomic E-state index is 0.0301. The van der Waals surface area contributed by atoms with Crippen LogP contribution in [0.5, 0.6) is 0 Å². The molecule has 0 aliphatic heterocycles. The molecule has 0 amide bonds. The lowest BCUT2D eigenvalue weighted by atomic mass is 10.3. The fraction of sp³-hybridized carbons (Fsp3) is 0.556. The summed E-state index contributed by atoms with van der Waals surface area (Å²) in [6, 6.07) is 0. The quantitative estimate of drug-likeness (QED) is 0.792. The summed E-state index contributed by atoms with van der Waals surface area (Å²) < 4.78 is 4.36. The van der Waals surface area contributed by atoms with E-state index >= 15 is 0 Å². The van der Waals surface area contributed by atoms with E-state index in [1.165, 1.54) is 0 Å². The van der Waals surface area contributed by atoms with Gasteiger partial charge in [0.2, 0.25) is 0 Å². The molecule has 0 aliphatic rings. The number of carbonyl (C=O) groups excluding carboxylic acids is 1. The number of aromatic nitrogens is 2. The van der Waals surface area contributed by atoms with Gasteiger partial charge in [0.25, 0.3) is 6.47 Å². The van der Waals surface area contributed by atoms with Gasteiger partial charge in [-0.2, -0.15) is 5.10 Å². The van der Waals surface area contributed by atoms with E-state index in [1.807, 2.05) is 6.92 Å². The first-order valence-electron chi connectivity index (χ1n) is 4.38. The SMILES string of the molecule is CC(C)OC=O.CCc1[nH]ncc1Cl. The fourth-order valence-electron chi connectivity index (χ4n) is 0.657. The molecule has 0 saturated carbocycles. The van der Waals surface area contributed by atoms with Gasteiger partial charge < -0.3 is 4.74 Å². The predicted octanol–water partition coefficient (Wildman–Crippen LogP) is 2.19. The Morgan fingerprint density at radius 2 is 2.36 bits per heavy atom. The number of H-pyrrole nitrogens is 1. The Bertz CT molecular complexity index is 261. The smallest absolute Gasteiger partial charge is 0.293 e. The normalized spacial score (nSPS) is 9.21. The lowest BCUT2D eigenvalue weighted by Gasteiger charge is -1.96. The van der Waals surface area contributed by atoms with Gasteiger partial charge in [-0.1, -0.05) is 18.5 Å². The van der Waals surface area contributed by atoms with Crippen molar-refractivity contribution in [3.8, 4) is 0 Å². The minimum Gasteiger partial charge on any atom is -0.465 e. The standard InChI is InChI=1S/C5H7ClN2.C4H8O2/c1-2-5-4(6)3-7-8-5;1-4(2)6-3-5/h3H,2H2,1H3,(H,7,8);3-4H,1-2H3. The molecule has 0 saturated heterocycles. The summed E-state index contributed by atoms with van der Waals surface area (Å²) in [5.74, 6) is 0. The molecule has 5 heteroatoms. The number of halogens is 1. The molecule has 1 aromatic rings. The molecular weight excluding hydrogens is 204 g/mol. The molecule has 0 spiro atoms. The van der Waals surface area contributed by atoms with Gasteiger partial charge in [0, 0.05) is 0 Å². The minimum absolute atomic E-state index is 0.0301. The van der Waals surface area contributed by atoms with Gasteiger partial charge >= 0.3 is 0 Å². The number of nitrogens with one attached hydrogen (secondary N) is 1. The molecule has 0 radical (unpaired) electrons. The molecule has 14 heavy (non-hydrogen) atoms. The van der Waals surface area contributed by atoms with Crippen LogP contribution in [0.2, 0.25) is 5.02 Å². The Morgan fingerprint density at radius 3 is 2.50 bits per heavy atom. The van der Waals surface area contributed by atoms with Crippen LogP contribution in [0.25, 0.3) is 0 Å². The first-order chi connectivity index (χ1) is 6.61. The van der Waals surface area contributed by atoms with Crippen LogP contribution >= 0.6 is 11.6 Å². The highest BCUT2D eigenvalue weighted by Gasteiger charge is 1.95. The second-order valence-electron chi connectivity index (χ2n) is 2.83. The van der Waals surface area contributed by atoms with Gasteiger partial charge in [-0.15, -0.1) is 0 Å². The maximum atomic E-state index is 9.39. The molecule has 80 valence electrons. The third-order valence-corrected chi connectivity index (χ3v) is 1.67. The monoisotopic (exact) mass is 218 g/mol. The molecule has 4 nitrogen and oxygen atoms in total. The maximum Gasteiger partial charge on any atom is 0.293 e. The maximum absolute atomic E-state index is 9.39. The van der Waals surface area contributed by atoms with E-state index in [9.17, 15) is 4.79 Å². The molecule has 0 fully saturated rings. The van der Waals surface area contributed by atoms with Crippen molar-refractivity contribution in [2.75, 3.05) is 0 Å². The molecule has 0 aromatic carbocycles. The van der Waals surface area contributed by atoms with Gasteiger partial charge in [0.1, 0.15) is 0 Å². The fourth-order valence-corrected chi connectivity index (χ4v) is 0.882. The third-order valence-electron chi connectivity index (χ3n) is 1.35. The molecule has 1 N–H and O–H groups in total. The highest BCUT2D eigenvalue weighted by molar-refractivity contribution is 6.31. The van der Waals surface area contributed by atoms with Crippen molar-refractivity contribution >= 4 is 18.1 Å². The van der Waals surface area contributed by atoms with Crippen LogP contribution < -0.4 is 0 Å². The summed E-state index contributed by atoms with van der Waals surface area (Å²) in [5, 5.41) is 7.24. The molecule has 0 atom stereocenters. The van der Waals surface area contributed by atoms with Crippen LogP contribution in [0.3, 0.4) is 0 Å². The summed E-state index contributed by atoms with van der Waals surface area (Å²) in [5.41, 5.74) is 1.01. The van der Waals surface area contributed by atoms with E-state index in [-0.39, 0.29) is 6.10 Å². The van der Waals surface area contributed by atoms with E-state index in [0.717, 1.165) is 17.1 Å². The summed E-state index contributed by atoms with van der Waals surface area (Å²) in [4.78, 5) is 9.39. The Balaban J connectivity index is 0.000000255. The average molecular weight is 219 g/mol. The number of hydrogen-bond acceptors (Lipinski definition) is 3. The van der Waals surface area contributed by atoms with E-state index in [1.54, 1.807) is 20.0 Å². The van der Waals surface area contributed by atoms with Gasteiger partial charge in [0.05, 0.1) is 23.0 Å². The predicted molar refractivity (Wildman–Crippen MR) is 55.3 cm³/mol. The summed E-state index contributed by atoms with van der Waals surface area (Å²) in [6.45, 7) is 6.08. The van der Waals surface area contributed by atoms with E-state index in [0.29, 0.717) is 6.47 Å². The topological polar surface area (TPSA) is 55.0 Å². The second kappa shape index (κ2) is 7.38. The number of aromatic amines is 1. The molecule has 1 aromatic heterocycles. The first-order valence-corrected chi connectivity index (χ1v) is 4.76. The highest BCUT2D eigenvalue weighted by Crippen LogP contribution is 2.10. The molecule has 0 aliphatic carbocycles. The zero-order chi connectivity index (χ0) is 11.0. The van der Waals surface area contributed by atoms with Crippen LogP contribution in [0.1, 0.15) is 26.5 Å². The number of aryl methyl sites for hydroxylation is 1. The second-order valence-corrected chi connectivity index (χ2v) is 3.24. The number of carbonyl (C=O) groups is 1. The van der Waals surface area contributed by atoms with Crippen LogP contribution in [-0.2, 0) is 16.0 Å². The Hall–Kier alpha value is -1.03. The molecule has 0 unspecified atom stereocenters. The van der Waals surface area contributed by atoms with Gasteiger partial charge in [-0.25, -0.2) is 0 Å². The zero-order valence-electron chi connectivity index (χ0n) is 8.58. The number of rotatable bonds is 3. The molecule has 1 rings (SSSR count). The molecule has 1 heterocycles. The average Bonchev–Trinajstić information content (AvgIpc) is 2.51. The van der Waals surface area contributed by atoms with Crippen molar-refractivity contribution in [3.63, 3.8) is 0 Å². The van der Waals surface area contributed by atoms with E-state index < -0.39 is 0 Å². The molecule has 0 bridgehead atoms. The van der Waals surface area contributed by atoms with Crippen LogP contribution in [0, 0.1) is 0 Å². The van der Waals surface area contributed by atoms with Crippen molar-refractivity contribution in [1.82, 2.24) is 10.2 Å². The summed E-state index contributed by atoms with van der Waals surface area (Å²) in [7, 11) is 0. The highest BCUT2D eigenvalue weighted by atomic mass is 35.5.